The van der Waals surface area contributed by atoms with Crippen LogP contribution in [0.3, 0.4) is 0 Å². The molecule has 0 spiro atoms. The number of hydrogen-bond donors (Lipinski definition) is 1. The number of methoxy groups -OCH3 is 2. The molecule has 0 bridgehead atoms. The summed E-state index contributed by atoms with van der Waals surface area (Å²) in [7, 11) is 2.82. The van der Waals surface area contributed by atoms with Crippen LogP contribution in [0.15, 0.2) is 65.1 Å². The van der Waals surface area contributed by atoms with Gasteiger partial charge in [0, 0.05) is 17.6 Å². The molecule has 1 amide bonds. The first-order chi connectivity index (χ1) is 20.5. The molecule has 42 heavy (non-hydrogen) atoms. The Labute approximate surface area is 257 Å². The van der Waals surface area contributed by atoms with Crippen molar-refractivity contribution in [2.45, 2.75) is 63.7 Å². The van der Waals surface area contributed by atoms with Crippen molar-refractivity contribution < 1.29 is 19.1 Å². The summed E-state index contributed by atoms with van der Waals surface area (Å²) in [5.74, 6) is 0.282. The summed E-state index contributed by atoms with van der Waals surface area (Å²) in [4.78, 5) is 28.3. The Balaban J connectivity index is 1.45. The monoisotopic (exact) mass is 633 g/mol. The van der Waals surface area contributed by atoms with Gasteiger partial charge >= 0.3 is 5.97 Å². The van der Waals surface area contributed by atoms with E-state index in [-0.39, 0.29) is 12.3 Å². The van der Waals surface area contributed by atoms with Crippen molar-refractivity contribution in [3.8, 4) is 5.75 Å². The largest absolute Gasteiger partial charge is 0.496 e. The quantitative estimate of drug-likeness (QED) is 0.192. The third-order valence-electron chi connectivity index (χ3n) is 8.41. The van der Waals surface area contributed by atoms with Crippen molar-refractivity contribution >= 4 is 44.9 Å². The van der Waals surface area contributed by atoms with Crippen LogP contribution >= 0.6 is 15.9 Å². The predicted octanol–water partition coefficient (Wildman–Crippen LogP) is 7.69. The summed E-state index contributed by atoms with van der Waals surface area (Å²) in [6.07, 6.45) is 10.0. The minimum absolute atomic E-state index is 0.0843. The molecule has 1 saturated heterocycles. The Morgan fingerprint density at radius 3 is 2.31 bits per heavy atom. The number of benzene rings is 3. The first-order valence-electron chi connectivity index (χ1n) is 15.0. The summed E-state index contributed by atoms with van der Waals surface area (Å²) in [6.45, 7) is 2.00. The Morgan fingerprint density at radius 2 is 1.62 bits per heavy atom. The molecule has 0 aromatic heterocycles. The first kappa shape index (κ1) is 30.0. The van der Waals surface area contributed by atoms with Gasteiger partial charge in [-0.1, -0.05) is 59.5 Å². The Morgan fingerprint density at radius 1 is 0.929 bits per heavy atom. The number of carbonyl (C=O) groups is 2. The highest BCUT2D eigenvalue weighted by atomic mass is 79.9. The first-order valence-corrected chi connectivity index (χ1v) is 15.8. The van der Waals surface area contributed by atoms with Crippen LogP contribution in [0.25, 0.3) is 0 Å². The summed E-state index contributed by atoms with van der Waals surface area (Å²) in [5.41, 5.74) is 8.53. The summed E-state index contributed by atoms with van der Waals surface area (Å²) in [6, 6.07) is 20.3. The number of carbonyl (C=O) groups excluding carboxylic acids is 2. The van der Waals surface area contributed by atoms with Crippen LogP contribution in [0.2, 0.25) is 0 Å². The minimum atomic E-state index is -0.499. The molecular formula is C34H40BrN3O4. The van der Waals surface area contributed by atoms with E-state index < -0.39 is 5.97 Å². The summed E-state index contributed by atoms with van der Waals surface area (Å²) in [5, 5.41) is 1.92. The fourth-order valence-corrected chi connectivity index (χ4v) is 6.64. The van der Waals surface area contributed by atoms with E-state index in [1.165, 1.54) is 58.3 Å². The molecule has 5 rings (SSSR count). The lowest BCUT2D eigenvalue weighted by Crippen LogP contribution is -2.41. The molecule has 0 unspecified atom stereocenters. The second-order valence-corrected chi connectivity index (χ2v) is 12.0. The molecule has 1 aliphatic carbocycles. The van der Waals surface area contributed by atoms with Crippen molar-refractivity contribution in [3.63, 3.8) is 0 Å². The number of nitrogens with zero attached hydrogens (tertiary/aromatic N) is 2. The van der Waals surface area contributed by atoms with Crippen molar-refractivity contribution in [2.75, 3.05) is 37.2 Å². The Bertz CT molecular complexity index is 1380. The van der Waals surface area contributed by atoms with E-state index in [0.29, 0.717) is 27.3 Å². The van der Waals surface area contributed by atoms with Gasteiger partial charge in [0.15, 0.2) is 0 Å². The molecular weight excluding hydrogens is 594 g/mol. The van der Waals surface area contributed by atoms with Gasteiger partial charge in [-0.25, -0.2) is 4.79 Å². The number of amides is 1. The van der Waals surface area contributed by atoms with Crippen LogP contribution < -0.4 is 20.1 Å². The number of nitrogens with one attached hydrogen (secondary N) is 1. The Hall–Kier alpha value is -3.52. The molecule has 7 nitrogen and oxygen atoms in total. The lowest BCUT2D eigenvalue weighted by atomic mass is 9.84. The fourth-order valence-electron chi connectivity index (χ4n) is 6.16. The standard InChI is InChI=1S/C34H40BrN3O4/c1-41-32-21-26(29(35)23-28(32)34(40)42-2)22-33(39)36-38(27-17-15-25(16-18-27)24-11-5-3-6-12-24)31-14-8-7-13-30(31)37-19-9-4-10-20-37/h7-8,13-18,21,23-24H,3-6,9-12,19-20,22H2,1-2H3,(H,36,39). The average molecular weight is 635 g/mol. The van der Waals surface area contributed by atoms with Gasteiger partial charge in [-0.05, 0) is 85.5 Å². The number of piperidine rings is 1. The third kappa shape index (κ3) is 6.92. The number of ether oxygens (including phenoxy) is 2. The topological polar surface area (TPSA) is 71.1 Å². The van der Waals surface area contributed by atoms with Gasteiger partial charge in [-0.15, -0.1) is 0 Å². The molecule has 0 radical (unpaired) electrons. The van der Waals surface area contributed by atoms with Crippen LogP contribution in [0, 0.1) is 0 Å². The Kier molecular flexibility index (Phi) is 10.1. The van der Waals surface area contributed by atoms with E-state index in [1.54, 1.807) is 12.1 Å². The molecule has 0 atom stereocenters. The van der Waals surface area contributed by atoms with Gasteiger partial charge in [0.25, 0.3) is 0 Å². The molecule has 2 fully saturated rings. The van der Waals surface area contributed by atoms with Crippen LogP contribution in [0.4, 0.5) is 17.1 Å². The second kappa shape index (κ2) is 14.1. The van der Waals surface area contributed by atoms with E-state index in [0.717, 1.165) is 43.0 Å². The molecule has 2 aliphatic rings. The number of rotatable bonds is 9. The number of esters is 1. The van der Waals surface area contributed by atoms with Crippen LogP contribution in [-0.2, 0) is 16.0 Å². The maximum absolute atomic E-state index is 13.7. The number of hydrogen-bond acceptors (Lipinski definition) is 6. The molecule has 1 aliphatic heterocycles. The van der Waals surface area contributed by atoms with E-state index in [2.05, 4.69) is 68.7 Å². The number of hydrazine groups is 1. The maximum Gasteiger partial charge on any atom is 0.341 e. The third-order valence-corrected chi connectivity index (χ3v) is 9.15. The zero-order valence-corrected chi connectivity index (χ0v) is 26.1. The normalized spacial score (nSPS) is 15.6. The maximum atomic E-state index is 13.7. The SMILES string of the molecule is COC(=O)c1cc(Br)c(CC(=O)NN(c2ccc(C3CCCCC3)cc2)c2ccccc2N2CCCCC2)cc1OC. The van der Waals surface area contributed by atoms with Gasteiger partial charge in [0.1, 0.15) is 11.3 Å². The zero-order chi connectivity index (χ0) is 29.5. The van der Waals surface area contributed by atoms with E-state index in [1.807, 2.05) is 11.1 Å². The van der Waals surface area contributed by atoms with Crippen molar-refractivity contribution in [2.24, 2.45) is 0 Å². The highest BCUT2D eigenvalue weighted by Gasteiger charge is 2.23. The number of halogens is 1. The van der Waals surface area contributed by atoms with Crippen LogP contribution in [0.5, 0.6) is 5.75 Å². The summed E-state index contributed by atoms with van der Waals surface area (Å²) >= 11 is 3.54. The highest BCUT2D eigenvalue weighted by Crippen LogP contribution is 2.37. The van der Waals surface area contributed by atoms with Crippen molar-refractivity contribution in [1.82, 2.24) is 5.43 Å². The smallest absolute Gasteiger partial charge is 0.341 e. The van der Waals surface area contributed by atoms with Gasteiger partial charge in [0.05, 0.1) is 37.7 Å². The lowest BCUT2D eigenvalue weighted by Gasteiger charge is -2.34. The van der Waals surface area contributed by atoms with E-state index >= 15 is 0 Å². The van der Waals surface area contributed by atoms with Crippen LogP contribution in [0.1, 0.15) is 78.8 Å². The highest BCUT2D eigenvalue weighted by molar-refractivity contribution is 9.10. The molecule has 1 saturated carbocycles. The summed E-state index contributed by atoms with van der Waals surface area (Å²) < 4.78 is 11.0. The average Bonchev–Trinajstić information content (AvgIpc) is 3.05. The minimum Gasteiger partial charge on any atom is -0.496 e. The molecule has 8 heteroatoms. The van der Waals surface area contributed by atoms with E-state index in [9.17, 15) is 9.59 Å². The second-order valence-electron chi connectivity index (χ2n) is 11.1. The van der Waals surface area contributed by atoms with Gasteiger partial charge in [-0.2, -0.15) is 0 Å². The zero-order valence-electron chi connectivity index (χ0n) is 24.5. The van der Waals surface area contributed by atoms with Gasteiger partial charge in [-0.3, -0.25) is 15.2 Å². The van der Waals surface area contributed by atoms with Gasteiger partial charge in [0.2, 0.25) is 5.91 Å². The molecule has 3 aromatic carbocycles. The number of para-hydroxylation sites is 2. The molecule has 222 valence electrons. The van der Waals surface area contributed by atoms with Gasteiger partial charge < -0.3 is 14.4 Å². The predicted molar refractivity (Wildman–Crippen MR) is 171 cm³/mol. The molecule has 1 heterocycles. The lowest BCUT2D eigenvalue weighted by molar-refractivity contribution is -0.120. The van der Waals surface area contributed by atoms with E-state index in [4.69, 9.17) is 9.47 Å². The molecule has 3 aromatic rings. The number of anilines is 3. The van der Waals surface area contributed by atoms with Crippen LogP contribution in [-0.4, -0.2) is 39.2 Å². The fraction of sp³-hybridized carbons (Fsp3) is 0.412. The van der Waals surface area contributed by atoms with Crippen molar-refractivity contribution in [3.05, 3.63) is 81.8 Å². The van der Waals surface area contributed by atoms with Crippen molar-refractivity contribution in [1.29, 1.82) is 0 Å². The molecule has 1 N–H and O–H groups in total.